The Labute approximate surface area is 115 Å². The first-order chi connectivity index (χ1) is 8.66. The molecule has 0 amide bonds. The van der Waals surface area contributed by atoms with Crippen molar-refractivity contribution in [3.05, 3.63) is 47.1 Å². The first-order valence-corrected chi connectivity index (χ1v) is 6.87. The van der Waals surface area contributed by atoms with Gasteiger partial charge in [-0.05, 0) is 17.7 Å². The number of benzene rings is 1. The predicted octanol–water partition coefficient (Wildman–Crippen LogP) is 4.18. The van der Waals surface area contributed by atoms with Crippen LogP contribution in [0.3, 0.4) is 0 Å². The molecule has 0 aliphatic carbocycles. The van der Waals surface area contributed by atoms with E-state index in [1.807, 2.05) is 30.4 Å². The summed E-state index contributed by atoms with van der Waals surface area (Å²) in [5.74, 6) is 0.691. The molecule has 1 aromatic heterocycles. The van der Waals surface area contributed by atoms with Crippen molar-refractivity contribution in [3.8, 4) is 0 Å². The molecule has 0 radical (unpaired) electrons. The maximum atomic E-state index is 10.8. The molecule has 1 aromatic carbocycles. The van der Waals surface area contributed by atoms with Crippen molar-refractivity contribution >= 4 is 45.5 Å². The molecule has 0 bridgehead atoms. The van der Waals surface area contributed by atoms with E-state index < -0.39 is 0 Å². The topological polar surface area (TPSA) is 30.0 Å². The van der Waals surface area contributed by atoms with Crippen LogP contribution in [0.5, 0.6) is 0 Å². The fourth-order valence-corrected chi connectivity index (χ4v) is 2.23. The van der Waals surface area contributed by atoms with Gasteiger partial charge in [-0.3, -0.25) is 9.78 Å². The molecule has 0 saturated heterocycles. The molecule has 2 aromatic rings. The second-order valence-electron chi connectivity index (χ2n) is 3.77. The number of carbonyl (C=O) groups is 1. The van der Waals surface area contributed by atoms with Crippen LogP contribution in [0.15, 0.2) is 36.5 Å². The highest BCUT2D eigenvalue weighted by Gasteiger charge is 1.99. The molecule has 0 aliphatic heterocycles. The van der Waals surface area contributed by atoms with Crippen LogP contribution in [0.1, 0.15) is 12.5 Å². The minimum absolute atomic E-state index is 0.131. The Morgan fingerprint density at radius 2 is 2.28 bits per heavy atom. The number of hydrogen-bond donors (Lipinski definition) is 0. The van der Waals surface area contributed by atoms with Crippen LogP contribution in [0, 0.1) is 0 Å². The lowest BCUT2D eigenvalue weighted by Gasteiger charge is -2.00. The Bertz CT molecular complexity index is 610. The summed E-state index contributed by atoms with van der Waals surface area (Å²) in [6.45, 7) is 1.57. The zero-order valence-corrected chi connectivity index (χ0v) is 11.5. The fraction of sp³-hybridized carbons (Fsp3) is 0.143. The van der Waals surface area contributed by atoms with Gasteiger partial charge in [0.1, 0.15) is 0 Å². The maximum Gasteiger partial charge on any atom is 0.186 e. The van der Waals surface area contributed by atoms with Gasteiger partial charge in [-0.15, -0.1) is 0 Å². The highest BCUT2D eigenvalue weighted by atomic mass is 35.5. The van der Waals surface area contributed by atoms with E-state index in [0.717, 1.165) is 16.5 Å². The first-order valence-electron chi connectivity index (χ1n) is 5.51. The van der Waals surface area contributed by atoms with Crippen LogP contribution in [0.25, 0.3) is 17.0 Å². The van der Waals surface area contributed by atoms with Crippen LogP contribution < -0.4 is 0 Å². The second-order valence-corrected chi connectivity index (χ2v) is 5.38. The third kappa shape index (κ3) is 3.34. The average Bonchev–Trinajstić information content (AvgIpc) is 2.35. The summed E-state index contributed by atoms with van der Waals surface area (Å²) in [6.07, 6.45) is 5.65. The molecule has 1 heterocycles. The quantitative estimate of drug-likeness (QED) is 0.843. The third-order valence-corrected chi connectivity index (χ3v) is 3.50. The van der Waals surface area contributed by atoms with Gasteiger partial charge >= 0.3 is 0 Å². The molecule has 0 fully saturated rings. The molecule has 0 spiro atoms. The summed E-state index contributed by atoms with van der Waals surface area (Å²) in [5, 5.41) is 1.80. The Morgan fingerprint density at radius 3 is 3.06 bits per heavy atom. The SMILES string of the molecule is CC(=O)SCC=Cc1ccc2c(Cl)ccnc2c1. The number of halogens is 1. The van der Waals surface area contributed by atoms with Gasteiger partial charge < -0.3 is 0 Å². The number of thioether (sulfide) groups is 1. The molecule has 0 N–H and O–H groups in total. The Hall–Kier alpha value is -1.32. The highest BCUT2D eigenvalue weighted by Crippen LogP contribution is 2.22. The summed E-state index contributed by atoms with van der Waals surface area (Å²) < 4.78 is 0. The average molecular weight is 278 g/mol. The number of pyridine rings is 1. The van der Waals surface area contributed by atoms with Gasteiger partial charge in [-0.1, -0.05) is 47.6 Å². The fourth-order valence-electron chi connectivity index (χ4n) is 1.58. The molecular weight excluding hydrogens is 266 g/mol. The van der Waals surface area contributed by atoms with Crippen molar-refractivity contribution in [2.45, 2.75) is 6.92 Å². The summed E-state index contributed by atoms with van der Waals surface area (Å²) in [5.41, 5.74) is 1.94. The van der Waals surface area contributed by atoms with Crippen molar-refractivity contribution in [1.29, 1.82) is 0 Å². The molecule has 2 rings (SSSR count). The van der Waals surface area contributed by atoms with Crippen molar-refractivity contribution in [2.75, 3.05) is 5.75 Å². The molecule has 2 nitrogen and oxygen atoms in total. The molecule has 0 atom stereocenters. The van der Waals surface area contributed by atoms with Crippen LogP contribution in [-0.2, 0) is 4.79 Å². The van der Waals surface area contributed by atoms with Gasteiger partial charge in [-0.25, -0.2) is 0 Å². The number of rotatable bonds is 3. The lowest BCUT2D eigenvalue weighted by atomic mass is 10.1. The van der Waals surface area contributed by atoms with E-state index in [1.54, 1.807) is 19.2 Å². The lowest BCUT2D eigenvalue weighted by Crippen LogP contribution is -1.83. The van der Waals surface area contributed by atoms with Gasteiger partial charge in [0.15, 0.2) is 5.12 Å². The van der Waals surface area contributed by atoms with Crippen molar-refractivity contribution in [1.82, 2.24) is 4.98 Å². The summed E-state index contributed by atoms with van der Waals surface area (Å²) in [6, 6.07) is 7.71. The summed E-state index contributed by atoms with van der Waals surface area (Å²) >= 11 is 7.37. The smallest absolute Gasteiger partial charge is 0.186 e. The van der Waals surface area contributed by atoms with Gasteiger partial charge in [0.2, 0.25) is 0 Å². The van der Waals surface area contributed by atoms with E-state index in [-0.39, 0.29) is 5.12 Å². The number of fused-ring (bicyclic) bond motifs is 1. The Kier molecular flexibility index (Phi) is 4.39. The number of hydrogen-bond acceptors (Lipinski definition) is 3. The van der Waals surface area contributed by atoms with Crippen molar-refractivity contribution in [3.63, 3.8) is 0 Å². The van der Waals surface area contributed by atoms with Crippen LogP contribution in [0.2, 0.25) is 5.02 Å². The molecule has 0 unspecified atom stereocenters. The zero-order chi connectivity index (χ0) is 13.0. The van der Waals surface area contributed by atoms with E-state index in [4.69, 9.17) is 11.6 Å². The molecule has 0 aliphatic rings. The number of carbonyl (C=O) groups excluding carboxylic acids is 1. The number of aromatic nitrogens is 1. The van der Waals surface area contributed by atoms with E-state index in [2.05, 4.69) is 4.98 Å². The van der Waals surface area contributed by atoms with Gasteiger partial charge in [0, 0.05) is 24.3 Å². The zero-order valence-electron chi connectivity index (χ0n) is 9.89. The normalized spacial score (nSPS) is 11.2. The van der Waals surface area contributed by atoms with E-state index in [1.165, 1.54) is 11.8 Å². The van der Waals surface area contributed by atoms with E-state index in [9.17, 15) is 4.79 Å². The molecular formula is C14H12ClNOS. The minimum Gasteiger partial charge on any atom is -0.288 e. The maximum absolute atomic E-state index is 10.8. The van der Waals surface area contributed by atoms with Crippen LogP contribution in [-0.4, -0.2) is 15.9 Å². The monoisotopic (exact) mass is 277 g/mol. The Balaban J connectivity index is 2.18. The van der Waals surface area contributed by atoms with Crippen molar-refractivity contribution < 1.29 is 4.79 Å². The summed E-state index contributed by atoms with van der Waals surface area (Å²) in [7, 11) is 0. The minimum atomic E-state index is 0.131. The molecule has 92 valence electrons. The van der Waals surface area contributed by atoms with Gasteiger partial charge in [0.25, 0.3) is 0 Å². The molecule has 0 saturated carbocycles. The summed E-state index contributed by atoms with van der Waals surface area (Å²) in [4.78, 5) is 15.1. The lowest BCUT2D eigenvalue weighted by molar-refractivity contribution is -0.109. The third-order valence-electron chi connectivity index (χ3n) is 2.41. The van der Waals surface area contributed by atoms with Gasteiger partial charge in [0.05, 0.1) is 10.5 Å². The Morgan fingerprint density at radius 1 is 1.44 bits per heavy atom. The van der Waals surface area contributed by atoms with Crippen molar-refractivity contribution in [2.24, 2.45) is 0 Å². The van der Waals surface area contributed by atoms with E-state index >= 15 is 0 Å². The van der Waals surface area contributed by atoms with Crippen LogP contribution >= 0.6 is 23.4 Å². The number of nitrogens with zero attached hydrogens (tertiary/aromatic N) is 1. The molecule has 18 heavy (non-hydrogen) atoms. The standard InChI is InChI=1S/C14H12ClNOS/c1-10(17)18-8-2-3-11-4-5-12-13(15)6-7-16-14(12)9-11/h2-7,9H,8H2,1H3. The van der Waals surface area contributed by atoms with E-state index in [0.29, 0.717) is 10.8 Å². The predicted molar refractivity (Wildman–Crippen MR) is 78.9 cm³/mol. The largest absolute Gasteiger partial charge is 0.288 e. The van der Waals surface area contributed by atoms with Crippen LogP contribution in [0.4, 0.5) is 0 Å². The van der Waals surface area contributed by atoms with Gasteiger partial charge in [-0.2, -0.15) is 0 Å². The highest BCUT2D eigenvalue weighted by molar-refractivity contribution is 8.13. The molecule has 4 heteroatoms. The second kappa shape index (κ2) is 6.03. The first kappa shape index (κ1) is 13.1.